The summed E-state index contributed by atoms with van der Waals surface area (Å²) in [5, 5.41) is 0.603. The van der Waals surface area contributed by atoms with Gasteiger partial charge in [0, 0.05) is 17.8 Å². The van der Waals surface area contributed by atoms with E-state index in [1.54, 1.807) is 13.1 Å². The molecule has 0 radical (unpaired) electrons. The van der Waals surface area contributed by atoms with Gasteiger partial charge in [-0.1, -0.05) is 11.8 Å². The van der Waals surface area contributed by atoms with Gasteiger partial charge in [-0.25, -0.2) is 14.8 Å². The van der Waals surface area contributed by atoms with E-state index in [9.17, 15) is 4.79 Å². The third-order valence-electron chi connectivity index (χ3n) is 1.69. The highest BCUT2D eigenvalue weighted by Crippen LogP contribution is 2.14. The summed E-state index contributed by atoms with van der Waals surface area (Å²) < 4.78 is 4.74. The molecule has 5 nitrogen and oxygen atoms in total. The summed E-state index contributed by atoms with van der Waals surface area (Å²) in [4.78, 5) is 19.1. The second-order valence-corrected chi connectivity index (χ2v) is 3.56. The Kier molecular flexibility index (Phi) is 4.78. The Labute approximate surface area is 98.1 Å². The second kappa shape index (κ2) is 6.12. The summed E-state index contributed by atoms with van der Waals surface area (Å²) in [6, 6.07) is 0. The van der Waals surface area contributed by atoms with Gasteiger partial charge in [0.25, 0.3) is 0 Å². The molecule has 0 bridgehead atoms. The summed E-state index contributed by atoms with van der Waals surface area (Å²) in [6.45, 7) is 2.09. The number of nitrogens with two attached hydrogens (primary N) is 1. The van der Waals surface area contributed by atoms with Crippen LogP contribution in [0.15, 0.2) is 17.4 Å². The minimum Gasteiger partial charge on any atom is -0.463 e. The van der Waals surface area contributed by atoms with Gasteiger partial charge in [0.15, 0.2) is 5.16 Å². The van der Waals surface area contributed by atoms with Crippen molar-refractivity contribution in [2.45, 2.75) is 12.1 Å². The molecule has 16 heavy (non-hydrogen) atoms. The highest BCUT2D eigenvalue weighted by Gasteiger charge is 2.01. The van der Waals surface area contributed by atoms with Crippen molar-refractivity contribution in [3.8, 4) is 0 Å². The number of carbonyl (C=O) groups is 1. The number of carbonyl (C=O) groups excluding carboxylic acids is 1. The number of rotatable bonds is 4. The average Bonchev–Trinajstić information content (AvgIpc) is 2.27. The van der Waals surface area contributed by atoms with Crippen LogP contribution in [0.3, 0.4) is 0 Å². The molecule has 0 aromatic carbocycles. The SMILES string of the molecule is CCOC(=O)/C=C\c1cnc(SC)nc1N. The zero-order valence-electron chi connectivity index (χ0n) is 9.14. The normalized spacial score (nSPS) is 10.6. The van der Waals surface area contributed by atoms with Crippen LogP contribution in [-0.2, 0) is 9.53 Å². The standard InChI is InChI=1S/C10H13N3O2S/c1-3-15-8(14)5-4-7-6-12-10(16-2)13-9(7)11/h4-6H,3H2,1-2H3,(H2,11,12,13)/b5-4-. The van der Waals surface area contributed by atoms with Crippen molar-refractivity contribution < 1.29 is 9.53 Å². The van der Waals surface area contributed by atoms with Crippen molar-refractivity contribution in [2.24, 2.45) is 0 Å². The lowest BCUT2D eigenvalue weighted by atomic mass is 10.3. The number of aromatic nitrogens is 2. The Balaban J connectivity index is 2.78. The monoisotopic (exact) mass is 239 g/mol. The molecule has 1 aromatic heterocycles. The van der Waals surface area contributed by atoms with E-state index in [1.165, 1.54) is 23.9 Å². The summed E-state index contributed by atoms with van der Waals surface area (Å²) >= 11 is 1.41. The number of thioether (sulfide) groups is 1. The van der Waals surface area contributed by atoms with Crippen LogP contribution in [0.25, 0.3) is 6.08 Å². The number of hydrogen-bond donors (Lipinski definition) is 1. The van der Waals surface area contributed by atoms with Crippen LogP contribution in [-0.4, -0.2) is 28.8 Å². The molecule has 0 unspecified atom stereocenters. The fraction of sp³-hybridized carbons (Fsp3) is 0.300. The molecule has 0 fully saturated rings. The number of nitrogen functional groups attached to an aromatic ring is 1. The Hall–Kier alpha value is -1.56. The molecule has 1 rings (SSSR count). The smallest absolute Gasteiger partial charge is 0.330 e. The van der Waals surface area contributed by atoms with E-state index in [0.717, 1.165) is 0 Å². The van der Waals surface area contributed by atoms with Gasteiger partial charge in [-0.3, -0.25) is 0 Å². The number of hydrogen-bond acceptors (Lipinski definition) is 6. The zero-order chi connectivity index (χ0) is 12.0. The van der Waals surface area contributed by atoms with E-state index in [0.29, 0.717) is 23.1 Å². The second-order valence-electron chi connectivity index (χ2n) is 2.78. The molecule has 0 atom stereocenters. The number of ether oxygens (including phenoxy) is 1. The lowest BCUT2D eigenvalue weighted by Crippen LogP contribution is -2.00. The number of nitrogens with zero attached hydrogens (tertiary/aromatic N) is 2. The van der Waals surface area contributed by atoms with Crippen LogP contribution in [0.1, 0.15) is 12.5 Å². The van der Waals surface area contributed by atoms with Crippen LogP contribution < -0.4 is 5.73 Å². The number of esters is 1. The maximum absolute atomic E-state index is 11.1. The summed E-state index contributed by atoms with van der Waals surface area (Å²) in [5.74, 6) is -0.0595. The van der Waals surface area contributed by atoms with Gasteiger partial charge < -0.3 is 10.5 Å². The Bertz CT molecular complexity index is 407. The lowest BCUT2D eigenvalue weighted by Gasteiger charge is -2.00. The van der Waals surface area contributed by atoms with Gasteiger partial charge in [0.05, 0.1) is 6.61 Å². The largest absolute Gasteiger partial charge is 0.463 e. The number of anilines is 1. The van der Waals surface area contributed by atoms with Crippen molar-refractivity contribution in [2.75, 3.05) is 18.6 Å². The van der Waals surface area contributed by atoms with Crippen LogP contribution in [0.5, 0.6) is 0 Å². The van der Waals surface area contributed by atoms with E-state index < -0.39 is 5.97 Å². The minimum absolute atomic E-state index is 0.347. The first-order valence-electron chi connectivity index (χ1n) is 4.68. The quantitative estimate of drug-likeness (QED) is 0.370. The van der Waals surface area contributed by atoms with Crippen molar-refractivity contribution >= 4 is 29.6 Å². The molecule has 0 aliphatic heterocycles. The fourth-order valence-corrected chi connectivity index (χ4v) is 1.31. The van der Waals surface area contributed by atoms with E-state index in [1.807, 2.05) is 6.26 Å². The molecule has 0 aliphatic carbocycles. The first-order chi connectivity index (χ1) is 7.67. The van der Waals surface area contributed by atoms with E-state index in [2.05, 4.69) is 9.97 Å². The van der Waals surface area contributed by atoms with Crippen molar-refractivity contribution in [1.82, 2.24) is 9.97 Å². The van der Waals surface area contributed by atoms with Crippen molar-refractivity contribution in [3.63, 3.8) is 0 Å². The summed E-state index contributed by atoms with van der Waals surface area (Å²) in [6.07, 6.45) is 6.28. The first-order valence-corrected chi connectivity index (χ1v) is 5.91. The van der Waals surface area contributed by atoms with Gasteiger partial charge >= 0.3 is 5.97 Å². The summed E-state index contributed by atoms with van der Waals surface area (Å²) in [7, 11) is 0. The van der Waals surface area contributed by atoms with Crippen LogP contribution in [0, 0.1) is 0 Å². The maximum Gasteiger partial charge on any atom is 0.330 e. The van der Waals surface area contributed by atoms with Gasteiger partial charge in [-0.15, -0.1) is 0 Å². The Morgan fingerprint density at radius 1 is 1.69 bits per heavy atom. The van der Waals surface area contributed by atoms with Crippen LogP contribution in [0.4, 0.5) is 5.82 Å². The highest BCUT2D eigenvalue weighted by molar-refractivity contribution is 7.98. The van der Waals surface area contributed by atoms with Gasteiger partial charge in [0.2, 0.25) is 0 Å². The fourth-order valence-electron chi connectivity index (χ4n) is 0.962. The molecule has 0 spiro atoms. The molecular formula is C10H13N3O2S. The van der Waals surface area contributed by atoms with E-state index >= 15 is 0 Å². The lowest BCUT2D eigenvalue weighted by molar-refractivity contribution is -0.137. The van der Waals surface area contributed by atoms with Crippen molar-refractivity contribution in [3.05, 3.63) is 17.8 Å². The molecule has 0 amide bonds. The third-order valence-corrected chi connectivity index (χ3v) is 2.26. The molecule has 6 heteroatoms. The Morgan fingerprint density at radius 2 is 2.44 bits per heavy atom. The first kappa shape index (κ1) is 12.5. The van der Waals surface area contributed by atoms with E-state index in [4.69, 9.17) is 10.5 Å². The molecule has 0 saturated carbocycles. The van der Waals surface area contributed by atoms with Gasteiger partial charge in [-0.05, 0) is 19.3 Å². The third kappa shape index (κ3) is 3.54. The Morgan fingerprint density at radius 3 is 3.00 bits per heavy atom. The van der Waals surface area contributed by atoms with Gasteiger partial charge in [0.1, 0.15) is 5.82 Å². The summed E-state index contributed by atoms with van der Waals surface area (Å²) in [5.41, 5.74) is 6.29. The minimum atomic E-state index is -0.407. The molecule has 1 aromatic rings. The molecular weight excluding hydrogens is 226 g/mol. The molecule has 1 heterocycles. The predicted octanol–water partition coefficient (Wildman–Crippen LogP) is 1.36. The average molecular weight is 239 g/mol. The highest BCUT2D eigenvalue weighted by atomic mass is 32.2. The molecule has 0 saturated heterocycles. The molecule has 86 valence electrons. The topological polar surface area (TPSA) is 78.1 Å². The molecule has 2 N–H and O–H groups in total. The van der Waals surface area contributed by atoms with Crippen LogP contribution >= 0.6 is 11.8 Å². The van der Waals surface area contributed by atoms with Crippen LogP contribution in [0.2, 0.25) is 0 Å². The van der Waals surface area contributed by atoms with E-state index in [-0.39, 0.29) is 0 Å². The predicted molar refractivity (Wildman–Crippen MR) is 63.9 cm³/mol. The van der Waals surface area contributed by atoms with Crippen molar-refractivity contribution in [1.29, 1.82) is 0 Å². The molecule has 0 aliphatic rings. The van der Waals surface area contributed by atoms with Gasteiger partial charge in [-0.2, -0.15) is 0 Å². The maximum atomic E-state index is 11.1. The zero-order valence-corrected chi connectivity index (χ0v) is 9.95.